The van der Waals surface area contributed by atoms with E-state index in [1.54, 1.807) is 0 Å². The van der Waals surface area contributed by atoms with Crippen molar-refractivity contribution in [2.75, 3.05) is 7.11 Å². The zero-order valence-corrected chi connectivity index (χ0v) is 7.26. The molecule has 11 heavy (non-hydrogen) atoms. The van der Waals surface area contributed by atoms with E-state index in [0.29, 0.717) is 0 Å². The molecule has 0 aromatic heterocycles. The summed E-state index contributed by atoms with van der Waals surface area (Å²) >= 11 is 0. The lowest BCUT2D eigenvalue weighted by Gasteiger charge is -2.10. The fourth-order valence-corrected chi connectivity index (χ4v) is 0.882. The number of methoxy groups -OCH3 is 1. The average Bonchev–Trinajstić information content (AvgIpc) is 2.05. The quantitative estimate of drug-likeness (QED) is 0.488. The Morgan fingerprint density at radius 1 is 1.73 bits per heavy atom. The Morgan fingerprint density at radius 3 is 2.55 bits per heavy atom. The van der Waals surface area contributed by atoms with Crippen LogP contribution >= 0.6 is 0 Å². The second kappa shape index (κ2) is 4.91. The molecule has 0 aromatic rings. The third-order valence-electron chi connectivity index (χ3n) is 1.63. The van der Waals surface area contributed by atoms with Crippen LogP contribution in [0.4, 0.5) is 0 Å². The number of nitrogens with two attached hydrogens (primary N) is 1. The summed E-state index contributed by atoms with van der Waals surface area (Å²) in [5.41, 5.74) is 6.46. The van der Waals surface area contributed by atoms with Gasteiger partial charge in [0, 0.05) is 0 Å². The monoisotopic (exact) mass is 157 g/mol. The van der Waals surface area contributed by atoms with E-state index in [2.05, 4.69) is 4.74 Å². The lowest BCUT2D eigenvalue weighted by atomic mass is 10.1. The summed E-state index contributed by atoms with van der Waals surface area (Å²) in [6, 6.07) is -0.588. The Kier molecular flexibility index (Phi) is 4.54. The highest BCUT2D eigenvalue weighted by molar-refractivity contribution is 5.78. The number of ether oxygens (including phenoxy) is 1. The topological polar surface area (TPSA) is 52.3 Å². The third-order valence-corrected chi connectivity index (χ3v) is 1.63. The molecule has 0 saturated heterocycles. The van der Waals surface area contributed by atoms with Gasteiger partial charge in [0.05, 0.1) is 7.11 Å². The highest BCUT2D eigenvalue weighted by atomic mass is 16.5. The zero-order chi connectivity index (χ0) is 8.85. The van der Waals surface area contributed by atoms with Crippen LogP contribution < -0.4 is 5.73 Å². The van der Waals surface area contributed by atoms with Crippen molar-refractivity contribution in [2.24, 2.45) is 5.73 Å². The molecule has 0 amide bonds. The molecule has 0 rings (SSSR count). The van der Waals surface area contributed by atoms with Gasteiger partial charge in [-0.3, -0.25) is 4.79 Å². The Balaban J connectivity index is 4.21. The van der Waals surface area contributed by atoms with Gasteiger partial charge in [0.15, 0.2) is 0 Å². The van der Waals surface area contributed by atoms with Crippen molar-refractivity contribution in [2.45, 2.75) is 26.3 Å². The van der Waals surface area contributed by atoms with Crippen LogP contribution in [0.25, 0.3) is 0 Å². The molecule has 0 aliphatic heterocycles. The molecule has 0 spiro atoms. The number of hydrogen-bond acceptors (Lipinski definition) is 3. The largest absolute Gasteiger partial charge is 0.468 e. The summed E-state index contributed by atoms with van der Waals surface area (Å²) in [6.07, 6.45) is 2.63. The van der Waals surface area contributed by atoms with Gasteiger partial charge in [0.1, 0.15) is 6.04 Å². The minimum Gasteiger partial charge on any atom is -0.468 e. The van der Waals surface area contributed by atoms with E-state index in [-0.39, 0.29) is 5.97 Å². The molecule has 0 aliphatic rings. The van der Waals surface area contributed by atoms with Gasteiger partial charge < -0.3 is 10.5 Å². The number of rotatable bonds is 3. The molecule has 3 nitrogen and oxygen atoms in total. The van der Waals surface area contributed by atoms with Crippen LogP contribution in [0.2, 0.25) is 0 Å². The van der Waals surface area contributed by atoms with Gasteiger partial charge in [-0.2, -0.15) is 0 Å². The summed E-state index contributed by atoms with van der Waals surface area (Å²) < 4.78 is 4.49. The van der Waals surface area contributed by atoms with E-state index in [9.17, 15) is 4.79 Å². The van der Waals surface area contributed by atoms with Gasteiger partial charge in [-0.1, -0.05) is 13.0 Å². The number of carbonyl (C=O) groups excluding carboxylic acids is 1. The Morgan fingerprint density at radius 2 is 2.27 bits per heavy atom. The van der Waals surface area contributed by atoms with Gasteiger partial charge in [-0.25, -0.2) is 0 Å². The Hall–Kier alpha value is -0.830. The smallest absolute Gasteiger partial charge is 0.326 e. The predicted octanol–water partition coefficient (Wildman–Crippen LogP) is 0.843. The molecule has 0 saturated carbocycles. The normalized spacial score (nSPS) is 14.4. The first-order chi connectivity index (χ1) is 5.17. The fourth-order valence-electron chi connectivity index (χ4n) is 0.882. The molecule has 3 heteroatoms. The molecule has 0 bridgehead atoms. The minimum atomic E-state index is -0.588. The first kappa shape index (κ1) is 10.2. The van der Waals surface area contributed by atoms with Gasteiger partial charge in [-0.05, 0) is 18.9 Å². The Bertz CT molecular complexity index is 163. The summed E-state index contributed by atoms with van der Waals surface area (Å²) in [7, 11) is 1.34. The molecule has 0 heterocycles. The van der Waals surface area contributed by atoms with Gasteiger partial charge in [0.25, 0.3) is 0 Å². The van der Waals surface area contributed by atoms with E-state index in [1.807, 2.05) is 19.9 Å². The number of allylic oxidation sites excluding steroid dienone is 1. The third kappa shape index (κ3) is 2.72. The minimum absolute atomic E-state index is 0.375. The van der Waals surface area contributed by atoms with Crippen LogP contribution in [-0.2, 0) is 9.53 Å². The van der Waals surface area contributed by atoms with Crippen molar-refractivity contribution >= 4 is 5.97 Å². The van der Waals surface area contributed by atoms with Gasteiger partial charge in [0.2, 0.25) is 0 Å². The highest BCUT2D eigenvalue weighted by Gasteiger charge is 2.15. The fraction of sp³-hybridized carbons (Fsp3) is 0.625. The van der Waals surface area contributed by atoms with Crippen LogP contribution in [0.5, 0.6) is 0 Å². The van der Waals surface area contributed by atoms with Crippen molar-refractivity contribution in [3.05, 3.63) is 11.6 Å². The van der Waals surface area contributed by atoms with Crippen molar-refractivity contribution < 1.29 is 9.53 Å². The highest BCUT2D eigenvalue weighted by Crippen LogP contribution is 2.05. The molecule has 1 atom stereocenters. The summed E-state index contributed by atoms with van der Waals surface area (Å²) in [4.78, 5) is 10.9. The first-order valence-corrected chi connectivity index (χ1v) is 3.65. The summed E-state index contributed by atoms with van der Waals surface area (Å²) in [6.45, 7) is 3.82. The first-order valence-electron chi connectivity index (χ1n) is 3.65. The zero-order valence-electron chi connectivity index (χ0n) is 7.26. The average molecular weight is 157 g/mol. The molecule has 0 aliphatic carbocycles. The van der Waals surface area contributed by atoms with Crippen LogP contribution in [0, 0.1) is 0 Å². The molecule has 2 N–H and O–H groups in total. The molecule has 0 fully saturated rings. The number of hydrogen-bond donors (Lipinski definition) is 1. The molecule has 0 aromatic carbocycles. The number of carbonyl (C=O) groups is 1. The second-order valence-corrected chi connectivity index (χ2v) is 2.22. The van der Waals surface area contributed by atoms with Crippen LogP contribution in [-0.4, -0.2) is 19.1 Å². The van der Waals surface area contributed by atoms with E-state index in [1.165, 1.54) is 7.11 Å². The second-order valence-electron chi connectivity index (χ2n) is 2.22. The maximum Gasteiger partial charge on any atom is 0.326 e. The van der Waals surface area contributed by atoms with E-state index in [4.69, 9.17) is 5.73 Å². The maximum absolute atomic E-state index is 10.9. The van der Waals surface area contributed by atoms with Crippen LogP contribution in [0.3, 0.4) is 0 Å². The molecule has 0 radical (unpaired) electrons. The Labute approximate surface area is 67.2 Å². The molecule has 0 unspecified atom stereocenters. The van der Waals surface area contributed by atoms with Gasteiger partial charge in [-0.15, -0.1) is 0 Å². The predicted molar refractivity (Wildman–Crippen MR) is 44.0 cm³/mol. The van der Waals surface area contributed by atoms with E-state index >= 15 is 0 Å². The maximum atomic E-state index is 10.9. The van der Waals surface area contributed by atoms with Crippen molar-refractivity contribution in [1.29, 1.82) is 0 Å². The SMILES string of the molecule is C/C=C(/CC)[C@@H](N)C(=O)OC. The van der Waals surface area contributed by atoms with E-state index < -0.39 is 6.04 Å². The summed E-state index contributed by atoms with van der Waals surface area (Å²) in [5.74, 6) is -0.375. The molecular formula is C8H15NO2. The summed E-state index contributed by atoms with van der Waals surface area (Å²) in [5, 5.41) is 0. The van der Waals surface area contributed by atoms with Gasteiger partial charge >= 0.3 is 5.97 Å². The van der Waals surface area contributed by atoms with E-state index in [0.717, 1.165) is 12.0 Å². The van der Waals surface area contributed by atoms with Crippen LogP contribution in [0.15, 0.2) is 11.6 Å². The standard InChI is InChI=1S/C8H15NO2/c1-4-6(5-2)7(9)8(10)11-3/h4,7H,5,9H2,1-3H3/b6-4-/t7-/m1/s1. The molecule has 64 valence electrons. The van der Waals surface area contributed by atoms with Crippen molar-refractivity contribution in [3.8, 4) is 0 Å². The lowest BCUT2D eigenvalue weighted by Crippen LogP contribution is -2.33. The number of esters is 1. The lowest BCUT2D eigenvalue weighted by molar-refractivity contribution is -0.141. The van der Waals surface area contributed by atoms with Crippen molar-refractivity contribution in [1.82, 2.24) is 0 Å². The van der Waals surface area contributed by atoms with Crippen molar-refractivity contribution in [3.63, 3.8) is 0 Å². The van der Waals surface area contributed by atoms with Crippen LogP contribution in [0.1, 0.15) is 20.3 Å². The molecular weight excluding hydrogens is 142 g/mol.